The van der Waals surface area contributed by atoms with Crippen molar-refractivity contribution < 1.29 is 13.9 Å². The van der Waals surface area contributed by atoms with Gasteiger partial charge in [-0.2, -0.15) is 0 Å². The minimum absolute atomic E-state index is 0.101. The number of ether oxygens (including phenoxy) is 1. The predicted octanol–water partition coefficient (Wildman–Crippen LogP) is 3.93. The molecule has 0 radical (unpaired) electrons. The quantitative estimate of drug-likeness (QED) is 0.879. The highest BCUT2D eigenvalue weighted by Crippen LogP contribution is 2.20. The van der Waals surface area contributed by atoms with Crippen LogP contribution >= 0.6 is 0 Å². The lowest BCUT2D eigenvalue weighted by Crippen LogP contribution is -2.35. The molecule has 1 aromatic carbocycles. The summed E-state index contributed by atoms with van der Waals surface area (Å²) in [4.78, 5) is 15.7. The number of carbonyl (C=O) groups is 1. The van der Waals surface area contributed by atoms with E-state index in [0.717, 1.165) is 6.42 Å². The Kier molecular flexibility index (Phi) is 5.30. The maximum atomic E-state index is 13.1. The number of rotatable bonds is 5. The smallest absolute Gasteiger partial charge is 0.319 e. The van der Waals surface area contributed by atoms with Crippen LogP contribution in [0.15, 0.2) is 42.6 Å². The molecule has 0 saturated carbocycles. The molecule has 22 heavy (non-hydrogen) atoms. The van der Waals surface area contributed by atoms with Gasteiger partial charge in [0.05, 0.1) is 11.9 Å². The normalized spacial score (nSPS) is 11.6. The molecule has 2 aromatic rings. The van der Waals surface area contributed by atoms with Crippen molar-refractivity contribution in [2.24, 2.45) is 0 Å². The number of halogens is 1. The lowest BCUT2D eigenvalue weighted by atomic mass is 10.3. The van der Waals surface area contributed by atoms with E-state index in [2.05, 4.69) is 15.6 Å². The highest BCUT2D eigenvalue weighted by atomic mass is 19.1. The Labute approximate surface area is 128 Å². The van der Waals surface area contributed by atoms with Gasteiger partial charge in [0.2, 0.25) is 5.88 Å². The van der Waals surface area contributed by atoms with E-state index in [-0.39, 0.29) is 17.9 Å². The molecule has 116 valence electrons. The monoisotopic (exact) mass is 303 g/mol. The first kappa shape index (κ1) is 15.8. The van der Waals surface area contributed by atoms with E-state index < -0.39 is 0 Å². The van der Waals surface area contributed by atoms with E-state index in [1.165, 1.54) is 18.3 Å². The maximum absolute atomic E-state index is 13.1. The second-order valence-electron chi connectivity index (χ2n) is 4.85. The summed E-state index contributed by atoms with van der Waals surface area (Å²) >= 11 is 0. The minimum Gasteiger partial charge on any atom is -0.439 e. The van der Waals surface area contributed by atoms with Crippen molar-refractivity contribution in [1.29, 1.82) is 0 Å². The van der Waals surface area contributed by atoms with Gasteiger partial charge in [0, 0.05) is 18.2 Å². The van der Waals surface area contributed by atoms with Gasteiger partial charge >= 0.3 is 6.03 Å². The summed E-state index contributed by atoms with van der Waals surface area (Å²) in [5.41, 5.74) is 0.549. The van der Waals surface area contributed by atoms with Gasteiger partial charge in [-0.05, 0) is 31.5 Å². The van der Waals surface area contributed by atoms with Gasteiger partial charge in [0.25, 0.3) is 0 Å². The standard InChI is InChI=1S/C16H18FN3O2/c1-3-11(2)19-16(21)20-13-7-8-15(18-10-13)22-14-6-4-5-12(17)9-14/h4-11H,3H2,1-2H3,(H2,19,20,21)/t11-/m1/s1. The number of carbonyl (C=O) groups excluding carboxylic acids is 1. The number of nitrogens with one attached hydrogen (secondary N) is 2. The highest BCUT2D eigenvalue weighted by Gasteiger charge is 2.06. The van der Waals surface area contributed by atoms with Gasteiger partial charge in [-0.15, -0.1) is 0 Å². The third-order valence-corrected chi connectivity index (χ3v) is 3.00. The van der Waals surface area contributed by atoms with Crippen molar-refractivity contribution in [1.82, 2.24) is 10.3 Å². The molecule has 2 amide bonds. The molecule has 0 unspecified atom stereocenters. The summed E-state index contributed by atoms with van der Waals surface area (Å²) in [7, 11) is 0. The lowest BCUT2D eigenvalue weighted by molar-refractivity contribution is 0.249. The van der Waals surface area contributed by atoms with Crippen molar-refractivity contribution in [2.45, 2.75) is 26.3 Å². The first-order valence-electron chi connectivity index (χ1n) is 7.04. The number of benzene rings is 1. The van der Waals surface area contributed by atoms with Crippen LogP contribution in [0.1, 0.15) is 20.3 Å². The third-order valence-electron chi connectivity index (χ3n) is 3.00. The number of hydrogen-bond acceptors (Lipinski definition) is 3. The molecule has 2 N–H and O–H groups in total. The van der Waals surface area contributed by atoms with Crippen molar-refractivity contribution in [3.8, 4) is 11.6 Å². The molecule has 0 spiro atoms. The fourth-order valence-corrected chi connectivity index (χ4v) is 1.66. The fourth-order valence-electron chi connectivity index (χ4n) is 1.66. The molecule has 5 nitrogen and oxygen atoms in total. The molecule has 6 heteroatoms. The van der Waals surface area contributed by atoms with Gasteiger partial charge in [-0.25, -0.2) is 14.2 Å². The summed E-state index contributed by atoms with van der Waals surface area (Å²) in [6.07, 6.45) is 2.33. The SMILES string of the molecule is CC[C@@H](C)NC(=O)Nc1ccc(Oc2cccc(F)c2)nc1. The molecule has 0 bridgehead atoms. The van der Waals surface area contributed by atoms with E-state index >= 15 is 0 Å². The molecular formula is C16H18FN3O2. The highest BCUT2D eigenvalue weighted by molar-refractivity contribution is 5.89. The molecule has 0 aliphatic heterocycles. The van der Waals surface area contributed by atoms with Crippen molar-refractivity contribution in [2.75, 3.05) is 5.32 Å². The Hall–Kier alpha value is -2.63. The van der Waals surface area contributed by atoms with Crippen molar-refractivity contribution in [3.05, 3.63) is 48.4 Å². The van der Waals surface area contributed by atoms with Gasteiger partial charge in [-0.1, -0.05) is 13.0 Å². The van der Waals surface area contributed by atoms with Crippen LogP contribution < -0.4 is 15.4 Å². The maximum Gasteiger partial charge on any atom is 0.319 e. The Morgan fingerprint density at radius 1 is 1.36 bits per heavy atom. The van der Waals surface area contributed by atoms with E-state index in [0.29, 0.717) is 17.3 Å². The Morgan fingerprint density at radius 3 is 2.82 bits per heavy atom. The van der Waals surface area contributed by atoms with Gasteiger partial charge in [0.15, 0.2) is 0 Å². The van der Waals surface area contributed by atoms with Crippen LogP contribution in [0.4, 0.5) is 14.9 Å². The van der Waals surface area contributed by atoms with Gasteiger partial charge in [0.1, 0.15) is 11.6 Å². The molecule has 0 saturated heterocycles. The van der Waals surface area contributed by atoms with Crippen LogP contribution in [0, 0.1) is 5.82 Å². The number of aromatic nitrogens is 1. The van der Waals surface area contributed by atoms with Crippen LogP contribution in [0.5, 0.6) is 11.6 Å². The Bertz CT molecular complexity index is 632. The molecule has 1 aromatic heterocycles. The summed E-state index contributed by atoms with van der Waals surface area (Å²) in [5.74, 6) is 0.304. The van der Waals surface area contributed by atoms with Crippen LogP contribution in [0.3, 0.4) is 0 Å². The number of urea groups is 1. The molecule has 0 fully saturated rings. The van der Waals surface area contributed by atoms with E-state index in [4.69, 9.17) is 4.74 Å². The second kappa shape index (κ2) is 7.40. The van der Waals surface area contributed by atoms with Gasteiger partial charge in [-0.3, -0.25) is 0 Å². The molecule has 0 aliphatic rings. The molecule has 1 heterocycles. The molecular weight excluding hydrogens is 285 g/mol. The van der Waals surface area contributed by atoms with Crippen molar-refractivity contribution in [3.63, 3.8) is 0 Å². The number of amides is 2. The number of pyridine rings is 1. The van der Waals surface area contributed by atoms with Crippen LogP contribution in [0.25, 0.3) is 0 Å². The first-order chi connectivity index (χ1) is 10.6. The van der Waals surface area contributed by atoms with Crippen LogP contribution in [-0.4, -0.2) is 17.1 Å². The molecule has 0 aliphatic carbocycles. The Morgan fingerprint density at radius 2 is 2.18 bits per heavy atom. The van der Waals surface area contributed by atoms with Crippen LogP contribution in [-0.2, 0) is 0 Å². The zero-order valence-corrected chi connectivity index (χ0v) is 12.5. The summed E-state index contributed by atoms with van der Waals surface area (Å²) in [6, 6.07) is 8.88. The number of nitrogens with zero attached hydrogens (tertiary/aromatic N) is 1. The zero-order valence-electron chi connectivity index (χ0n) is 12.5. The average molecular weight is 303 g/mol. The van der Waals surface area contributed by atoms with Crippen LogP contribution in [0.2, 0.25) is 0 Å². The van der Waals surface area contributed by atoms with E-state index in [1.54, 1.807) is 24.3 Å². The first-order valence-corrected chi connectivity index (χ1v) is 7.04. The van der Waals surface area contributed by atoms with E-state index in [1.807, 2.05) is 13.8 Å². The number of hydrogen-bond donors (Lipinski definition) is 2. The number of anilines is 1. The van der Waals surface area contributed by atoms with Gasteiger partial charge < -0.3 is 15.4 Å². The van der Waals surface area contributed by atoms with E-state index in [9.17, 15) is 9.18 Å². The zero-order chi connectivity index (χ0) is 15.9. The topological polar surface area (TPSA) is 63.2 Å². The largest absolute Gasteiger partial charge is 0.439 e. The summed E-state index contributed by atoms with van der Waals surface area (Å²) in [6.45, 7) is 3.92. The minimum atomic E-state index is -0.377. The molecule has 1 atom stereocenters. The average Bonchev–Trinajstić information content (AvgIpc) is 2.49. The summed E-state index contributed by atoms with van der Waals surface area (Å²) in [5, 5.41) is 5.47. The second-order valence-corrected chi connectivity index (χ2v) is 4.85. The lowest BCUT2D eigenvalue weighted by Gasteiger charge is -2.12. The van der Waals surface area contributed by atoms with Crippen molar-refractivity contribution >= 4 is 11.7 Å². The third kappa shape index (κ3) is 4.73. The summed E-state index contributed by atoms with van der Waals surface area (Å²) < 4.78 is 18.5. The Balaban J connectivity index is 1.94. The fraction of sp³-hybridized carbons (Fsp3) is 0.250. The molecule has 2 rings (SSSR count). The predicted molar refractivity (Wildman–Crippen MR) is 82.6 cm³/mol.